The molecule has 16 heavy (non-hydrogen) atoms. The van der Waals surface area contributed by atoms with E-state index in [2.05, 4.69) is 50.4 Å². The Hall–Kier alpha value is -1.02. The summed E-state index contributed by atoms with van der Waals surface area (Å²) in [4.78, 5) is 0. The van der Waals surface area contributed by atoms with E-state index in [9.17, 15) is 0 Å². The van der Waals surface area contributed by atoms with Gasteiger partial charge in [0.05, 0.1) is 6.10 Å². The van der Waals surface area contributed by atoms with Gasteiger partial charge >= 0.3 is 0 Å². The fourth-order valence-corrected chi connectivity index (χ4v) is 1.51. The summed E-state index contributed by atoms with van der Waals surface area (Å²) in [6, 6.07) is 8.51. The van der Waals surface area contributed by atoms with Crippen LogP contribution >= 0.6 is 0 Å². The largest absolute Gasteiger partial charge is 0.393 e. The number of anilines is 1. The van der Waals surface area contributed by atoms with E-state index in [1.54, 1.807) is 0 Å². The van der Waals surface area contributed by atoms with E-state index in [1.807, 2.05) is 6.92 Å². The van der Waals surface area contributed by atoms with E-state index in [0.29, 0.717) is 0 Å². The summed E-state index contributed by atoms with van der Waals surface area (Å²) in [7, 11) is 0. The maximum Gasteiger partial charge on any atom is 0.0528 e. The number of hydrogen-bond acceptors (Lipinski definition) is 2. The highest BCUT2D eigenvalue weighted by atomic mass is 16.3. The third-order valence-electron chi connectivity index (χ3n) is 2.64. The van der Waals surface area contributed by atoms with Gasteiger partial charge in [-0.25, -0.2) is 0 Å². The fraction of sp³-hybridized carbons (Fsp3) is 0.571. The molecule has 2 nitrogen and oxygen atoms in total. The summed E-state index contributed by atoms with van der Waals surface area (Å²) in [6.07, 6.45) is 0.544. The molecule has 0 spiro atoms. The van der Waals surface area contributed by atoms with Crippen LogP contribution < -0.4 is 5.32 Å². The van der Waals surface area contributed by atoms with Gasteiger partial charge in [-0.15, -0.1) is 0 Å². The molecule has 2 N–H and O–H groups in total. The first kappa shape index (κ1) is 13.0. The second-order valence-electron chi connectivity index (χ2n) is 5.39. The van der Waals surface area contributed by atoms with Crippen molar-refractivity contribution in [3.8, 4) is 0 Å². The molecular formula is C14H23NO. The van der Waals surface area contributed by atoms with E-state index in [4.69, 9.17) is 5.11 Å². The summed E-state index contributed by atoms with van der Waals surface area (Å²) in [5.74, 6) is 0. The molecule has 0 aliphatic rings. The second kappa shape index (κ2) is 5.35. The highest BCUT2D eigenvalue weighted by Crippen LogP contribution is 2.23. The Balaban J connectivity index is 2.52. The van der Waals surface area contributed by atoms with Crippen LogP contribution in [-0.2, 0) is 5.41 Å². The molecule has 0 saturated carbocycles. The molecule has 1 rings (SSSR count). The van der Waals surface area contributed by atoms with Crippen LogP contribution in [-0.4, -0.2) is 17.8 Å². The van der Waals surface area contributed by atoms with Crippen LogP contribution in [0.4, 0.5) is 5.69 Å². The number of benzene rings is 1. The number of aliphatic hydroxyl groups excluding tert-OH is 1. The molecule has 0 amide bonds. The van der Waals surface area contributed by atoms with Gasteiger partial charge in [0.1, 0.15) is 0 Å². The molecular weight excluding hydrogens is 198 g/mol. The lowest BCUT2D eigenvalue weighted by Crippen LogP contribution is -2.12. The lowest BCUT2D eigenvalue weighted by Gasteiger charge is -2.19. The first-order valence-corrected chi connectivity index (χ1v) is 5.92. The van der Waals surface area contributed by atoms with E-state index >= 15 is 0 Å². The summed E-state index contributed by atoms with van der Waals surface area (Å²) in [5.41, 5.74) is 2.67. The van der Waals surface area contributed by atoms with Crippen LogP contribution in [0.25, 0.3) is 0 Å². The van der Waals surface area contributed by atoms with E-state index in [1.165, 1.54) is 5.56 Å². The normalized spacial score (nSPS) is 13.6. The molecule has 0 radical (unpaired) electrons. The third-order valence-corrected chi connectivity index (χ3v) is 2.64. The van der Waals surface area contributed by atoms with Gasteiger partial charge in [-0.3, -0.25) is 0 Å². The van der Waals surface area contributed by atoms with Crippen LogP contribution in [0.1, 0.15) is 39.7 Å². The van der Waals surface area contributed by atoms with E-state index in [-0.39, 0.29) is 11.5 Å². The first-order valence-electron chi connectivity index (χ1n) is 5.92. The van der Waals surface area contributed by atoms with Crippen LogP contribution in [0.3, 0.4) is 0 Å². The molecule has 1 atom stereocenters. The molecule has 0 aliphatic heterocycles. The monoisotopic (exact) mass is 221 g/mol. The summed E-state index contributed by atoms with van der Waals surface area (Å²) in [6.45, 7) is 9.26. The molecule has 90 valence electrons. The Morgan fingerprint density at radius 1 is 1.19 bits per heavy atom. The SMILES string of the molecule is CC(O)CCNc1ccc(C(C)(C)C)cc1. The molecule has 1 unspecified atom stereocenters. The maximum atomic E-state index is 9.14. The van der Waals surface area contributed by atoms with Crippen molar-refractivity contribution in [1.29, 1.82) is 0 Å². The minimum absolute atomic E-state index is 0.206. The van der Waals surface area contributed by atoms with Gasteiger partial charge < -0.3 is 10.4 Å². The Bertz CT molecular complexity index is 309. The topological polar surface area (TPSA) is 32.3 Å². The van der Waals surface area contributed by atoms with Crippen molar-refractivity contribution in [3.63, 3.8) is 0 Å². The van der Waals surface area contributed by atoms with E-state index < -0.39 is 0 Å². The Morgan fingerprint density at radius 2 is 1.75 bits per heavy atom. The van der Waals surface area contributed by atoms with Crippen LogP contribution in [0.5, 0.6) is 0 Å². The van der Waals surface area contributed by atoms with Crippen molar-refractivity contribution in [2.45, 2.75) is 45.6 Å². The zero-order valence-electron chi connectivity index (χ0n) is 10.7. The maximum absolute atomic E-state index is 9.14. The lowest BCUT2D eigenvalue weighted by atomic mass is 9.87. The summed E-state index contributed by atoms with van der Waals surface area (Å²) >= 11 is 0. The number of nitrogens with one attached hydrogen (secondary N) is 1. The van der Waals surface area contributed by atoms with Crippen LogP contribution in [0, 0.1) is 0 Å². The molecule has 2 heteroatoms. The third kappa shape index (κ3) is 4.23. The van der Waals surface area contributed by atoms with Crippen molar-refractivity contribution in [2.24, 2.45) is 0 Å². The minimum Gasteiger partial charge on any atom is -0.393 e. The smallest absolute Gasteiger partial charge is 0.0528 e. The highest BCUT2D eigenvalue weighted by Gasteiger charge is 2.12. The van der Waals surface area contributed by atoms with Crippen molar-refractivity contribution in [1.82, 2.24) is 0 Å². The van der Waals surface area contributed by atoms with Crippen molar-refractivity contribution >= 4 is 5.69 Å². The minimum atomic E-state index is -0.235. The molecule has 0 heterocycles. The molecule has 0 aliphatic carbocycles. The lowest BCUT2D eigenvalue weighted by molar-refractivity contribution is 0.189. The Kier molecular flexibility index (Phi) is 4.36. The van der Waals surface area contributed by atoms with Crippen molar-refractivity contribution in [3.05, 3.63) is 29.8 Å². The molecule has 0 saturated heterocycles. The molecule has 0 fully saturated rings. The fourth-order valence-electron chi connectivity index (χ4n) is 1.51. The van der Waals surface area contributed by atoms with Crippen molar-refractivity contribution < 1.29 is 5.11 Å². The van der Waals surface area contributed by atoms with Gasteiger partial charge in [0, 0.05) is 12.2 Å². The number of hydrogen-bond donors (Lipinski definition) is 2. The van der Waals surface area contributed by atoms with Gasteiger partial charge in [0.15, 0.2) is 0 Å². The zero-order chi connectivity index (χ0) is 12.2. The zero-order valence-corrected chi connectivity index (χ0v) is 10.7. The standard InChI is InChI=1S/C14H23NO/c1-11(16)9-10-15-13-7-5-12(6-8-13)14(2,3)4/h5-8,11,15-16H,9-10H2,1-4H3. The quantitative estimate of drug-likeness (QED) is 0.818. The summed E-state index contributed by atoms with van der Waals surface area (Å²) in [5, 5.41) is 12.4. The first-order chi connectivity index (χ1) is 7.39. The van der Waals surface area contributed by atoms with Gasteiger partial charge in [-0.05, 0) is 36.5 Å². The predicted molar refractivity (Wildman–Crippen MR) is 69.9 cm³/mol. The molecule has 0 bridgehead atoms. The predicted octanol–water partition coefficient (Wildman–Crippen LogP) is 3.17. The van der Waals surface area contributed by atoms with Gasteiger partial charge in [-0.2, -0.15) is 0 Å². The van der Waals surface area contributed by atoms with Crippen molar-refractivity contribution in [2.75, 3.05) is 11.9 Å². The Morgan fingerprint density at radius 3 is 2.19 bits per heavy atom. The number of aliphatic hydroxyl groups is 1. The second-order valence-corrected chi connectivity index (χ2v) is 5.39. The molecule has 0 aromatic heterocycles. The van der Waals surface area contributed by atoms with Crippen LogP contribution in [0.15, 0.2) is 24.3 Å². The summed E-state index contributed by atoms with van der Waals surface area (Å²) < 4.78 is 0. The molecule has 1 aromatic carbocycles. The Labute approximate surface area is 98.7 Å². The van der Waals surface area contributed by atoms with Crippen LogP contribution in [0.2, 0.25) is 0 Å². The number of rotatable bonds is 4. The average molecular weight is 221 g/mol. The highest BCUT2D eigenvalue weighted by molar-refractivity contribution is 5.45. The van der Waals surface area contributed by atoms with Gasteiger partial charge in [0.2, 0.25) is 0 Å². The van der Waals surface area contributed by atoms with Gasteiger partial charge in [0.25, 0.3) is 0 Å². The van der Waals surface area contributed by atoms with E-state index in [0.717, 1.165) is 18.7 Å². The average Bonchev–Trinajstić information content (AvgIpc) is 2.16. The van der Waals surface area contributed by atoms with Gasteiger partial charge in [-0.1, -0.05) is 32.9 Å². The molecule has 1 aromatic rings.